The molecule has 11 heteroatoms. The molecule has 0 bridgehead atoms. The lowest BCUT2D eigenvalue weighted by molar-refractivity contribution is -0.137. The molecule has 2 aromatic carbocycles. The molecule has 0 aliphatic carbocycles. The minimum atomic E-state index is -4.51. The van der Waals surface area contributed by atoms with Crippen LogP contribution in [0.5, 0.6) is 5.75 Å². The molecule has 8 nitrogen and oxygen atoms in total. The highest BCUT2D eigenvalue weighted by Gasteiger charge is 2.34. The molecule has 1 N–H and O–H groups in total. The molecular weight excluding hydrogens is 487 g/mol. The number of nitrogens with zero attached hydrogens (tertiary/aromatic N) is 4. The molecule has 0 unspecified atom stereocenters. The largest absolute Gasteiger partial charge is 0.489 e. The second-order valence-electron chi connectivity index (χ2n) is 9.06. The highest BCUT2D eigenvalue weighted by molar-refractivity contribution is 5.95. The average molecular weight is 512 g/mol. The smallest absolute Gasteiger partial charge is 0.416 e. The lowest BCUT2D eigenvalue weighted by atomic mass is 9.99. The maximum Gasteiger partial charge on any atom is 0.416 e. The molecule has 2 amide bonds. The molecule has 2 saturated heterocycles. The topological polar surface area (TPSA) is 87.7 Å². The van der Waals surface area contributed by atoms with Gasteiger partial charge in [0, 0.05) is 43.5 Å². The third-order valence-corrected chi connectivity index (χ3v) is 6.43. The van der Waals surface area contributed by atoms with Crippen molar-refractivity contribution in [1.82, 2.24) is 15.1 Å². The molecular formula is C26H24F3N5O3. The van der Waals surface area contributed by atoms with Gasteiger partial charge in [0.25, 0.3) is 5.91 Å². The van der Waals surface area contributed by atoms with Crippen LogP contribution in [0.15, 0.2) is 66.9 Å². The fourth-order valence-electron chi connectivity index (χ4n) is 4.37. The van der Waals surface area contributed by atoms with Crippen LogP contribution in [-0.2, 0) is 11.0 Å². The number of hydrogen-bond donors (Lipinski definition) is 1. The van der Waals surface area contributed by atoms with Crippen LogP contribution < -0.4 is 15.0 Å². The number of anilines is 2. The Morgan fingerprint density at radius 2 is 1.78 bits per heavy atom. The molecule has 0 spiro atoms. The Labute approximate surface area is 211 Å². The molecule has 0 radical (unpaired) electrons. The molecule has 1 atom stereocenters. The Balaban J connectivity index is 1.10. The normalized spacial score (nSPS) is 17.9. The van der Waals surface area contributed by atoms with Crippen molar-refractivity contribution in [3.63, 3.8) is 0 Å². The molecule has 5 rings (SSSR count). The zero-order valence-corrected chi connectivity index (χ0v) is 19.7. The number of carbonyl (C=O) groups is 2. The summed E-state index contributed by atoms with van der Waals surface area (Å²) in [5.74, 6) is 0.651. The summed E-state index contributed by atoms with van der Waals surface area (Å²) in [6, 6.07) is 15.1. The zero-order chi connectivity index (χ0) is 26.0. The first kappa shape index (κ1) is 24.5. The number of nitrogens with one attached hydrogen (secondary N) is 1. The van der Waals surface area contributed by atoms with Gasteiger partial charge in [0.1, 0.15) is 11.9 Å². The molecule has 3 aromatic rings. The van der Waals surface area contributed by atoms with Gasteiger partial charge in [0.2, 0.25) is 5.91 Å². The van der Waals surface area contributed by atoms with Gasteiger partial charge in [-0.3, -0.25) is 9.59 Å². The van der Waals surface area contributed by atoms with Gasteiger partial charge >= 0.3 is 6.18 Å². The highest BCUT2D eigenvalue weighted by atomic mass is 19.4. The Morgan fingerprint density at radius 1 is 1.00 bits per heavy atom. The van der Waals surface area contributed by atoms with Crippen LogP contribution in [0.25, 0.3) is 0 Å². The van der Waals surface area contributed by atoms with Crippen molar-refractivity contribution in [2.75, 3.05) is 36.4 Å². The summed E-state index contributed by atoms with van der Waals surface area (Å²) in [7, 11) is 0. The van der Waals surface area contributed by atoms with E-state index in [0.717, 1.165) is 18.0 Å². The molecule has 192 valence electrons. The van der Waals surface area contributed by atoms with Crippen molar-refractivity contribution in [2.45, 2.75) is 18.7 Å². The van der Waals surface area contributed by atoms with Gasteiger partial charge in [-0.05, 0) is 54.6 Å². The van der Waals surface area contributed by atoms with E-state index >= 15 is 0 Å². The average Bonchev–Trinajstić information content (AvgIpc) is 3.32. The fraction of sp³-hybridized carbons (Fsp3) is 0.308. The predicted octanol–water partition coefficient (Wildman–Crippen LogP) is 3.86. The first-order valence-electron chi connectivity index (χ1n) is 11.8. The predicted molar refractivity (Wildman–Crippen MR) is 129 cm³/mol. The van der Waals surface area contributed by atoms with E-state index in [1.165, 1.54) is 17.0 Å². The second-order valence-corrected chi connectivity index (χ2v) is 9.06. The van der Waals surface area contributed by atoms with Crippen molar-refractivity contribution in [2.24, 2.45) is 5.92 Å². The summed E-state index contributed by atoms with van der Waals surface area (Å²) in [4.78, 5) is 28.7. The first-order valence-corrected chi connectivity index (χ1v) is 11.8. The van der Waals surface area contributed by atoms with E-state index in [4.69, 9.17) is 4.74 Å². The Kier molecular flexibility index (Phi) is 6.68. The van der Waals surface area contributed by atoms with Gasteiger partial charge in [-0.15, -0.1) is 5.10 Å². The first-order chi connectivity index (χ1) is 17.8. The van der Waals surface area contributed by atoms with Crippen LogP contribution >= 0.6 is 0 Å². The van der Waals surface area contributed by atoms with Crippen LogP contribution in [-0.4, -0.2) is 59.2 Å². The number of halogens is 3. The molecule has 2 fully saturated rings. The third kappa shape index (κ3) is 5.65. The number of aromatic nitrogens is 2. The molecule has 2 aliphatic heterocycles. The number of alkyl halides is 3. The number of amides is 2. The van der Waals surface area contributed by atoms with Gasteiger partial charge in [-0.25, -0.2) is 0 Å². The summed E-state index contributed by atoms with van der Waals surface area (Å²) in [5.41, 5.74) is -0.206. The minimum Gasteiger partial charge on any atom is -0.489 e. The quantitative estimate of drug-likeness (QED) is 0.541. The fourth-order valence-corrected chi connectivity index (χ4v) is 4.37. The van der Waals surface area contributed by atoms with E-state index in [2.05, 4.69) is 15.5 Å². The van der Waals surface area contributed by atoms with Crippen LogP contribution in [0, 0.1) is 5.92 Å². The summed E-state index contributed by atoms with van der Waals surface area (Å²) in [6.07, 6.45) is -2.62. The van der Waals surface area contributed by atoms with E-state index in [0.29, 0.717) is 37.5 Å². The highest BCUT2D eigenvalue weighted by Crippen LogP contribution is 2.30. The number of benzene rings is 2. The van der Waals surface area contributed by atoms with Crippen molar-refractivity contribution in [1.29, 1.82) is 0 Å². The van der Waals surface area contributed by atoms with Crippen molar-refractivity contribution in [3.8, 4) is 5.75 Å². The summed E-state index contributed by atoms with van der Waals surface area (Å²) in [5, 5.41) is 10.8. The van der Waals surface area contributed by atoms with Gasteiger partial charge < -0.3 is 19.9 Å². The van der Waals surface area contributed by atoms with Gasteiger partial charge in [0.05, 0.1) is 18.0 Å². The lowest BCUT2D eigenvalue weighted by Crippen LogP contribution is -2.52. The van der Waals surface area contributed by atoms with Crippen molar-refractivity contribution < 1.29 is 27.5 Å². The summed E-state index contributed by atoms with van der Waals surface area (Å²) in [6.45, 7) is 1.81. The van der Waals surface area contributed by atoms with Crippen LogP contribution in [0.1, 0.15) is 22.3 Å². The maximum absolute atomic E-state index is 13.0. The van der Waals surface area contributed by atoms with Gasteiger partial charge in [0.15, 0.2) is 5.82 Å². The molecule has 3 heterocycles. The van der Waals surface area contributed by atoms with E-state index < -0.39 is 17.6 Å². The zero-order valence-electron chi connectivity index (χ0n) is 19.7. The van der Waals surface area contributed by atoms with Gasteiger partial charge in [-0.1, -0.05) is 6.07 Å². The lowest BCUT2D eigenvalue weighted by Gasteiger charge is -2.38. The summed E-state index contributed by atoms with van der Waals surface area (Å²) < 4.78 is 44.9. The third-order valence-electron chi connectivity index (χ3n) is 6.43. The van der Waals surface area contributed by atoms with Crippen LogP contribution in [0.2, 0.25) is 0 Å². The number of carbonyl (C=O) groups excluding carboxylic acids is 2. The minimum absolute atomic E-state index is 0.00171. The standard InChI is InChI=1S/C26H24F3N5O3/c27-26(28,29)19-4-1-3-17(13-19)25(36)33-12-10-22(16-33)37-21-8-6-20(7-9-21)31-24(35)18-14-34(15-18)23-5-2-11-30-32-23/h1-9,11,13,18,22H,10,12,14-16H2,(H,31,35)/t22-/m1/s1. The van der Waals surface area contributed by atoms with Crippen molar-refractivity contribution in [3.05, 3.63) is 78.0 Å². The van der Waals surface area contributed by atoms with E-state index in [1.54, 1.807) is 36.5 Å². The number of hydrogen-bond acceptors (Lipinski definition) is 6. The van der Waals surface area contributed by atoms with Gasteiger partial charge in [-0.2, -0.15) is 18.3 Å². The van der Waals surface area contributed by atoms with E-state index in [-0.39, 0.29) is 30.0 Å². The number of rotatable bonds is 6. The molecule has 2 aliphatic rings. The monoisotopic (exact) mass is 511 g/mol. The maximum atomic E-state index is 13.0. The number of likely N-dealkylation sites (tertiary alicyclic amines) is 1. The second kappa shape index (κ2) is 10.1. The molecule has 37 heavy (non-hydrogen) atoms. The van der Waals surface area contributed by atoms with Crippen molar-refractivity contribution >= 4 is 23.3 Å². The SMILES string of the molecule is O=C(Nc1ccc(O[C@@H]2CCN(C(=O)c3cccc(C(F)(F)F)c3)C2)cc1)C1CN(c2cccnn2)C1. The molecule has 1 aromatic heterocycles. The van der Waals surface area contributed by atoms with Crippen LogP contribution in [0.4, 0.5) is 24.7 Å². The summed E-state index contributed by atoms with van der Waals surface area (Å²) >= 11 is 0. The number of ether oxygens (including phenoxy) is 1. The van der Waals surface area contributed by atoms with E-state index in [9.17, 15) is 22.8 Å². The Morgan fingerprint density at radius 3 is 2.49 bits per heavy atom. The Bertz CT molecular complexity index is 1260. The van der Waals surface area contributed by atoms with Crippen LogP contribution in [0.3, 0.4) is 0 Å². The molecule has 0 saturated carbocycles. The van der Waals surface area contributed by atoms with E-state index in [1.807, 2.05) is 11.0 Å². The Hall–Kier alpha value is -4.15.